The quantitative estimate of drug-likeness (QED) is 0.670. The summed E-state index contributed by atoms with van der Waals surface area (Å²) in [7, 11) is 0. The molecule has 1 heteroatoms. The van der Waals surface area contributed by atoms with Crippen LogP contribution < -0.4 is 0 Å². The second-order valence-electron chi connectivity index (χ2n) is 2.64. The van der Waals surface area contributed by atoms with Crippen LogP contribution in [0.15, 0.2) is 30.3 Å². The fourth-order valence-corrected chi connectivity index (χ4v) is 0.850. The van der Waals surface area contributed by atoms with Gasteiger partial charge >= 0.3 is 0 Å². The molecule has 0 aromatic heterocycles. The highest BCUT2D eigenvalue weighted by molar-refractivity contribution is 5.42. The molecule has 72 valence electrons. The van der Waals surface area contributed by atoms with Gasteiger partial charge in [-0.3, -0.25) is 0 Å². The maximum absolute atomic E-state index is 8.44. The van der Waals surface area contributed by atoms with E-state index in [2.05, 4.69) is 35.5 Å². The standard InChI is InChI=1S/C14H10O/c15-13-9-4-2-1-3-6-10-14-11-7-5-8-12-14/h5,7-8,11-12,15H,9,13H2. The molecule has 15 heavy (non-hydrogen) atoms. The van der Waals surface area contributed by atoms with Crippen molar-refractivity contribution in [3.63, 3.8) is 0 Å². The maximum atomic E-state index is 8.44. The van der Waals surface area contributed by atoms with Crippen LogP contribution in [0.1, 0.15) is 12.0 Å². The number of aliphatic hydroxyl groups is 1. The van der Waals surface area contributed by atoms with Crippen LogP contribution in [-0.2, 0) is 0 Å². The molecular formula is C14H10O. The zero-order valence-corrected chi connectivity index (χ0v) is 8.25. The van der Waals surface area contributed by atoms with Gasteiger partial charge in [0.2, 0.25) is 0 Å². The van der Waals surface area contributed by atoms with Gasteiger partial charge in [0.1, 0.15) is 0 Å². The molecule has 0 unspecified atom stereocenters. The lowest BCUT2D eigenvalue weighted by atomic mass is 10.2. The minimum Gasteiger partial charge on any atom is -0.395 e. The Bertz CT molecular complexity index is 467. The van der Waals surface area contributed by atoms with Crippen LogP contribution >= 0.6 is 0 Å². The second kappa shape index (κ2) is 7.28. The van der Waals surface area contributed by atoms with Gasteiger partial charge < -0.3 is 5.11 Å². The van der Waals surface area contributed by atoms with Crippen LogP contribution in [0.2, 0.25) is 0 Å². The molecule has 0 aliphatic carbocycles. The van der Waals surface area contributed by atoms with E-state index in [0.717, 1.165) is 5.56 Å². The van der Waals surface area contributed by atoms with Crippen LogP contribution in [0, 0.1) is 35.5 Å². The Balaban J connectivity index is 2.51. The first-order valence-corrected chi connectivity index (χ1v) is 4.58. The van der Waals surface area contributed by atoms with E-state index in [1.165, 1.54) is 0 Å². The molecule has 1 aromatic carbocycles. The van der Waals surface area contributed by atoms with Crippen molar-refractivity contribution in [2.45, 2.75) is 6.42 Å². The molecule has 1 nitrogen and oxygen atoms in total. The number of aliphatic hydroxyl groups excluding tert-OH is 1. The first kappa shape index (κ1) is 10.9. The van der Waals surface area contributed by atoms with E-state index >= 15 is 0 Å². The topological polar surface area (TPSA) is 20.2 Å². The summed E-state index contributed by atoms with van der Waals surface area (Å²) >= 11 is 0. The lowest BCUT2D eigenvalue weighted by Gasteiger charge is -1.83. The molecule has 0 saturated carbocycles. The lowest BCUT2D eigenvalue weighted by molar-refractivity contribution is 0.305. The zero-order chi connectivity index (χ0) is 10.8. The van der Waals surface area contributed by atoms with Crippen molar-refractivity contribution in [1.29, 1.82) is 0 Å². The van der Waals surface area contributed by atoms with Crippen molar-refractivity contribution >= 4 is 0 Å². The van der Waals surface area contributed by atoms with E-state index < -0.39 is 0 Å². The summed E-state index contributed by atoms with van der Waals surface area (Å²) < 4.78 is 0. The first-order chi connectivity index (χ1) is 7.43. The summed E-state index contributed by atoms with van der Waals surface area (Å²) in [5, 5.41) is 8.44. The highest BCUT2D eigenvalue weighted by Crippen LogP contribution is 1.93. The first-order valence-electron chi connectivity index (χ1n) is 4.58. The summed E-state index contributed by atoms with van der Waals surface area (Å²) in [6.45, 7) is 0.0738. The molecule has 1 rings (SSSR count). The van der Waals surface area contributed by atoms with Crippen LogP contribution in [0.25, 0.3) is 0 Å². The lowest BCUT2D eigenvalue weighted by Crippen LogP contribution is -1.74. The van der Waals surface area contributed by atoms with Gasteiger partial charge in [0.05, 0.1) is 6.61 Å². The van der Waals surface area contributed by atoms with E-state index in [0.29, 0.717) is 6.42 Å². The average molecular weight is 194 g/mol. The highest BCUT2D eigenvalue weighted by atomic mass is 16.2. The minimum absolute atomic E-state index is 0.0738. The fraction of sp³-hybridized carbons (Fsp3) is 0.143. The van der Waals surface area contributed by atoms with Gasteiger partial charge in [0, 0.05) is 12.0 Å². The molecule has 0 aliphatic rings. The Hall–Kier alpha value is -2.14. The molecule has 0 bridgehead atoms. The molecule has 1 N–H and O–H groups in total. The number of hydrogen-bond donors (Lipinski definition) is 1. The highest BCUT2D eigenvalue weighted by Gasteiger charge is 1.78. The summed E-state index contributed by atoms with van der Waals surface area (Å²) in [6, 6.07) is 9.65. The monoisotopic (exact) mass is 194 g/mol. The third kappa shape index (κ3) is 5.22. The molecule has 0 radical (unpaired) electrons. The molecule has 0 atom stereocenters. The van der Waals surface area contributed by atoms with Crippen molar-refractivity contribution in [1.82, 2.24) is 0 Å². The van der Waals surface area contributed by atoms with Gasteiger partial charge in [0.25, 0.3) is 0 Å². The number of rotatable bonds is 1. The van der Waals surface area contributed by atoms with Crippen LogP contribution in [0.4, 0.5) is 0 Å². The zero-order valence-electron chi connectivity index (χ0n) is 8.25. The predicted octanol–water partition coefficient (Wildman–Crippen LogP) is 1.43. The summed E-state index contributed by atoms with van der Waals surface area (Å²) in [5.41, 5.74) is 0.940. The Morgan fingerprint density at radius 3 is 2.40 bits per heavy atom. The Kier molecular flexibility index (Phi) is 5.31. The fourth-order valence-electron chi connectivity index (χ4n) is 0.850. The van der Waals surface area contributed by atoms with Gasteiger partial charge in [0.15, 0.2) is 0 Å². The van der Waals surface area contributed by atoms with E-state index in [4.69, 9.17) is 5.11 Å². The van der Waals surface area contributed by atoms with Crippen molar-refractivity contribution in [3.8, 4) is 35.5 Å². The van der Waals surface area contributed by atoms with Crippen molar-refractivity contribution in [2.75, 3.05) is 6.61 Å². The minimum atomic E-state index is 0.0738. The normalized spacial score (nSPS) is 7.27. The molecular weight excluding hydrogens is 184 g/mol. The van der Waals surface area contributed by atoms with E-state index in [1.54, 1.807) is 0 Å². The van der Waals surface area contributed by atoms with Crippen LogP contribution in [0.5, 0.6) is 0 Å². The van der Waals surface area contributed by atoms with Gasteiger partial charge in [-0.05, 0) is 35.8 Å². The molecule has 0 aliphatic heterocycles. The molecule has 0 amide bonds. The molecule has 0 spiro atoms. The van der Waals surface area contributed by atoms with Gasteiger partial charge in [-0.2, -0.15) is 0 Å². The van der Waals surface area contributed by atoms with Crippen LogP contribution in [0.3, 0.4) is 0 Å². The molecule has 0 heterocycles. The van der Waals surface area contributed by atoms with Gasteiger partial charge in [-0.15, -0.1) is 0 Å². The van der Waals surface area contributed by atoms with E-state index in [9.17, 15) is 0 Å². The van der Waals surface area contributed by atoms with Crippen LogP contribution in [-0.4, -0.2) is 11.7 Å². The molecule has 0 fully saturated rings. The molecule has 0 saturated heterocycles. The Labute approximate surface area is 90.1 Å². The predicted molar refractivity (Wildman–Crippen MR) is 60.6 cm³/mol. The Morgan fingerprint density at radius 1 is 0.933 bits per heavy atom. The van der Waals surface area contributed by atoms with Crippen molar-refractivity contribution in [3.05, 3.63) is 35.9 Å². The third-order valence-corrected chi connectivity index (χ3v) is 1.49. The smallest absolute Gasteiger partial charge is 0.0540 e. The second-order valence-corrected chi connectivity index (χ2v) is 2.64. The summed E-state index contributed by atoms with van der Waals surface area (Å²) in [5.74, 6) is 16.1. The largest absolute Gasteiger partial charge is 0.395 e. The number of benzene rings is 1. The van der Waals surface area contributed by atoms with E-state index in [1.807, 2.05) is 30.3 Å². The van der Waals surface area contributed by atoms with Gasteiger partial charge in [-0.1, -0.05) is 30.0 Å². The summed E-state index contributed by atoms with van der Waals surface area (Å²) in [4.78, 5) is 0. The summed E-state index contributed by atoms with van der Waals surface area (Å²) in [6.07, 6.45) is 0.459. The third-order valence-electron chi connectivity index (χ3n) is 1.49. The maximum Gasteiger partial charge on any atom is 0.0540 e. The molecule has 1 aromatic rings. The van der Waals surface area contributed by atoms with Crippen molar-refractivity contribution in [2.24, 2.45) is 0 Å². The average Bonchev–Trinajstić information content (AvgIpc) is 2.29. The number of hydrogen-bond acceptors (Lipinski definition) is 1. The van der Waals surface area contributed by atoms with E-state index in [-0.39, 0.29) is 6.61 Å². The Morgan fingerprint density at radius 2 is 1.67 bits per heavy atom. The van der Waals surface area contributed by atoms with Crippen molar-refractivity contribution < 1.29 is 5.11 Å². The SMILES string of the molecule is OCCC#CC#CC#Cc1ccccc1. The van der Waals surface area contributed by atoms with Gasteiger partial charge in [-0.25, -0.2) is 0 Å².